The summed E-state index contributed by atoms with van der Waals surface area (Å²) in [7, 11) is 0. The van der Waals surface area contributed by atoms with Crippen LogP contribution in [0.3, 0.4) is 0 Å². The van der Waals surface area contributed by atoms with Crippen molar-refractivity contribution in [2.45, 2.75) is 46.1 Å². The van der Waals surface area contributed by atoms with Gasteiger partial charge >= 0.3 is 6.03 Å². The SMILES string of the molecule is Cc1ccncc1N1C(=O)NC2(CC(C(C)(C)C)C2)C1=O. The Kier molecular flexibility index (Phi) is 2.87. The molecule has 1 N–H and O–H groups in total. The van der Waals surface area contributed by atoms with E-state index < -0.39 is 5.54 Å². The quantitative estimate of drug-likeness (QED) is 0.808. The molecular weight excluding hydrogens is 266 g/mol. The van der Waals surface area contributed by atoms with E-state index in [1.54, 1.807) is 18.5 Å². The second kappa shape index (κ2) is 4.29. The maximum atomic E-state index is 12.8. The number of hydrogen-bond donors (Lipinski definition) is 1. The molecule has 21 heavy (non-hydrogen) atoms. The Bertz CT molecular complexity index is 612. The maximum absolute atomic E-state index is 12.8. The first kappa shape index (κ1) is 14.0. The number of carbonyl (C=O) groups is 2. The van der Waals surface area contributed by atoms with Gasteiger partial charge in [-0.25, -0.2) is 9.69 Å². The summed E-state index contributed by atoms with van der Waals surface area (Å²) in [5.74, 6) is 0.320. The van der Waals surface area contributed by atoms with Crippen LogP contribution in [0, 0.1) is 18.3 Å². The van der Waals surface area contributed by atoms with Crippen LogP contribution in [0.25, 0.3) is 0 Å². The number of aromatic nitrogens is 1. The predicted molar refractivity (Wildman–Crippen MR) is 79.9 cm³/mol. The first-order chi connectivity index (χ1) is 9.74. The van der Waals surface area contributed by atoms with E-state index in [-0.39, 0.29) is 17.4 Å². The van der Waals surface area contributed by atoms with Crippen LogP contribution in [-0.4, -0.2) is 22.5 Å². The average Bonchev–Trinajstić information content (AvgIpc) is 2.59. The Hall–Kier alpha value is -1.91. The lowest BCUT2D eigenvalue weighted by Crippen LogP contribution is -2.59. The molecule has 1 aromatic heterocycles. The zero-order valence-electron chi connectivity index (χ0n) is 12.9. The van der Waals surface area contributed by atoms with Gasteiger partial charge in [0.25, 0.3) is 5.91 Å². The van der Waals surface area contributed by atoms with Crippen molar-refractivity contribution >= 4 is 17.6 Å². The largest absolute Gasteiger partial charge is 0.329 e. The van der Waals surface area contributed by atoms with E-state index in [1.165, 1.54) is 4.90 Å². The summed E-state index contributed by atoms with van der Waals surface area (Å²) in [6.45, 7) is 8.40. The molecule has 1 aliphatic carbocycles. The fourth-order valence-electron chi connectivity index (χ4n) is 3.20. The molecule has 1 aliphatic heterocycles. The van der Waals surface area contributed by atoms with Crippen LogP contribution < -0.4 is 10.2 Å². The molecule has 5 heteroatoms. The number of nitrogens with one attached hydrogen (secondary N) is 1. The van der Waals surface area contributed by atoms with Gasteiger partial charge in [-0.15, -0.1) is 0 Å². The lowest BCUT2D eigenvalue weighted by atomic mass is 9.59. The van der Waals surface area contributed by atoms with Gasteiger partial charge in [-0.1, -0.05) is 20.8 Å². The van der Waals surface area contributed by atoms with Gasteiger partial charge in [-0.2, -0.15) is 0 Å². The highest BCUT2D eigenvalue weighted by atomic mass is 16.2. The van der Waals surface area contributed by atoms with Gasteiger partial charge in [0.15, 0.2) is 0 Å². The van der Waals surface area contributed by atoms with Crippen LogP contribution >= 0.6 is 0 Å². The highest BCUT2D eigenvalue weighted by Crippen LogP contribution is 2.50. The van der Waals surface area contributed by atoms with Crippen LogP contribution in [0.15, 0.2) is 18.5 Å². The number of anilines is 1. The van der Waals surface area contributed by atoms with Gasteiger partial charge in [0.05, 0.1) is 11.9 Å². The number of nitrogens with zero attached hydrogens (tertiary/aromatic N) is 2. The predicted octanol–water partition coefficient (Wildman–Crippen LogP) is 2.64. The zero-order chi connectivity index (χ0) is 15.4. The molecule has 3 amide bonds. The van der Waals surface area contributed by atoms with Crippen molar-refractivity contribution in [3.8, 4) is 0 Å². The van der Waals surface area contributed by atoms with E-state index in [4.69, 9.17) is 0 Å². The highest BCUT2D eigenvalue weighted by molar-refractivity contribution is 6.24. The van der Waals surface area contributed by atoms with E-state index in [9.17, 15) is 9.59 Å². The third-order valence-corrected chi connectivity index (χ3v) is 4.83. The fraction of sp³-hybridized carbons (Fsp3) is 0.562. The van der Waals surface area contributed by atoms with Gasteiger partial charge in [-0.3, -0.25) is 9.78 Å². The molecule has 0 aromatic carbocycles. The van der Waals surface area contributed by atoms with Gasteiger partial charge in [0.1, 0.15) is 5.54 Å². The van der Waals surface area contributed by atoms with E-state index in [1.807, 2.05) is 6.92 Å². The first-order valence-corrected chi connectivity index (χ1v) is 7.32. The molecule has 0 atom stereocenters. The molecule has 1 aromatic rings. The van der Waals surface area contributed by atoms with Crippen LogP contribution in [0.1, 0.15) is 39.2 Å². The lowest BCUT2D eigenvalue weighted by Gasteiger charge is -2.48. The van der Waals surface area contributed by atoms with Crippen LogP contribution in [0.5, 0.6) is 0 Å². The van der Waals surface area contributed by atoms with Crippen LogP contribution in [0.2, 0.25) is 0 Å². The Labute approximate surface area is 124 Å². The Morgan fingerprint density at radius 1 is 1.33 bits per heavy atom. The molecule has 2 fully saturated rings. The van der Waals surface area contributed by atoms with Gasteiger partial charge < -0.3 is 5.32 Å². The van der Waals surface area contributed by atoms with E-state index in [0.717, 1.165) is 18.4 Å². The molecule has 5 nitrogen and oxygen atoms in total. The van der Waals surface area contributed by atoms with Crippen molar-refractivity contribution in [3.63, 3.8) is 0 Å². The second-order valence-electron chi connectivity index (χ2n) is 7.29. The lowest BCUT2D eigenvalue weighted by molar-refractivity contribution is -0.128. The smallest absolute Gasteiger partial charge is 0.323 e. The Morgan fingerprint density at radius 3 is 2.57 bits per heavy atom. The number of rotatable bonds is 1. The normalized spacial score (nSPS) is 28.8. The molecule has 0 bridgehead atoms. The number of hydrogen-bond acceptors (Lipinski definition) is 3. The molecule has 1 saturated heterocycles. The monoisotopic (exact) mass is 287 g/mol. The van der Waals surface area contributed by atoms with Crippen molar-refractivity contribution in [3.05, 3.63) is 24.0 Å². The van der Waals surface area contributed by atoms with Crippen LogP contribution in [-0.2, 0) is 4.79 Å². The fourth-order valence-corrected chi connectivity index (χ4v) is 3.20. The summed E-state index contributed by atoms with van der Waals surface area (Å²) in [6, 6.07) is 1.48. The molecule has 112 valence electrons. The second-order valence-corrected chi connectivity index (χ2v) is 7.29. The third kappa shape index (κ3) is 2.03. The van der Waals surface area contributed by atoms with Crippen molar-refractivity contribution in [1.82, 2.24) is 10.3 Å². The molecule has 2 aliphatic rings. The topological polar surface area (TPSA) is 62.3 Å². The molecule has 0 radical (unpaired) electrons. The molecule has 2 heterocycles. The minimum absolute atomic E-state index is 0.135. The van der Waals surface area contributed by atoms with Crippen molar-refractivity contribution in [2.75, 3.05) is 4.90 Å². The summed E-state index contributed by atoms with van der Waals surface area (Å²) >= 11 is 0. The van der Waals surface area contributed by atoms with Gasteiger partial charge in [0.2, 0.25) is 0 Å². The average molecular weight is 287 g/mol. The maximum Gasteiger partial charge on any atom is 0.329 e. The standard InChI is InChI=1S/C16H21N3O2/c1-10-5-6-17-9-12(10)19-13(20)16(18-14(19)21)7-11(8-16)15(2,3)4/h5-6,9,11H,7-8H2,1-4H3,(H,18,21). The summed E-state index contributed by atoms with van der Waals surface area (Å²) in [5, 5.41) is 2.90. The highest BCUT2D eigenvalue weighted by Gasteiger charge is 2.60. The van der Waals surface area contributed by atoms with E-state index in [2.05, 4.69) is 31.1 Å². The Balaban J connectivity index is 1.87. The number of aryl methyl sites for hydroxylation is 1. The number of amides is 3. The van der Waals surface area contributed by atoms with Crippen LogP contribution in [0.4, 0.5) is 10.5 Å². The minimum atomic E-state index is -0.697. The molecule has 3 rings (SSSR count). The third-order valence-electron chi connectivity index (χ3n) is 4.83. The minimum Gasteiger partial charge on any atom is -0.323 e. The summed E-state index contributed by atoms with van der Waals surface area (Å²) in [5.41, 5.74) is 0.916. The number of imide groups is 1. The van der Waals surface area contributed by atoms with Gasteiger partial charge in [-0.05, 0) is 42.7 Å². The van der Waals surface area contributed by atoms with Crippen molar-refractivity contribution in [2.24, 2.45) is 11.3 Å². The van der Waals surface area contributed by atoms with Gasteiger partial charge in [0, 0.05) is 6.20 Å². The van der Waals surface area contributed by atoms with E-state index >= 15 is 0 Å². The van der Waals surface area contributed by atoms with Crippen molar-refractivity contribution in [1.29, 1.82) is 0 Å². The number of carbonyl (C=O) groups excluding carboxylic acids is 2. The van der Waals surface area contributed by atoms with E-state index in [0.29, 0.717) is 11.6 Å². The Morgan fingerprint density at radius 2 is 2.00 bits per heavy atom. The number of pyridine rings is 1. The summed E-state index contributed by atoms with van der Waals surface area (Å²) in [4.78, 5) is 30.3. The first-order valence-electron chi connectivity index (χ1n) is 7.32. The van der Waals surface area contributed by atoms with Crippen molar-refractivity contribution < 1.29 is 9.59 Å². The number of urea groups is 1. The molecule has 1 saturated carbocycles. The molecule has 0 unspecified atom stereocenters. The summed E-state index contributed by atoms with van der Waals surface area (Å²) < 4.78 is 0. The molecular formula is C16H21N3O2. The summed E-state index contributed by atoms with van der Waals surface area (Å²) in [6.07, 6.45) is 4.67. The zero-order valence-corrected chi connectivity index (χ0v) is 12.9. The molecule has 1 spiro atoms.